The number of ether oxygens (including phenoxy) is 1. The monoisotopic (exact) mass is 258 g/mol. The summed E-state index contributed by atoms with van der Waals surface area (Å²) in [5.41, 5.74) is -0.396. The fraction of sp³-hybridized carbons (Fsp3) is 0.588. The van der Waals surface area contributed by atoms with Crippen molar-refractivity contribution in [3.8, 4) is 0 Å². The molecule has 0 spiro atoms. The average Bonchev–Trinajstić information content (AvgIpc) is 2.40. The van der Waals surface area contributed by atoms with Crippen LogP contribution < -0.4 is 0 Å². The Morgan fingerprint density at radius 2 is 1.63 bits per heavy atom. The van der Waals surface area contributed by atoms with Gasteiger partial charge in [-0.15, -0.1) is 0 Å². The highest BCUT2D eigenvalue weighted by molar-refractivity contribution is 5.81. The van der Waals surface area contributed by atoms with Crippen LogP contribution in [-0.2, 0) is 9.53 Å². The maximum absolute atomic E-state index is 11.8. The first kappa shape index (κ1) is 12.7. The molecule has 4 bridgehead atoms. The molecule has 0 aromatic heterocycles. The van der Waals surface area contributed by atoms with Gasteiger partial charge in [0.2, 0.25) is 0 Å². The standard InChI is InChI=1S/C17H22O2/c1-3-5-6-17(19-16(18)4-2)14-8-12-7-13(10-14)11-15(17)9-12/h3-6,12-15H,1-2,7-11H2/b6-5+. The number of hydrogen-bond acceptors (Lipinski definition) is 2. The molecule has 0 N–H and O–H groups in total. The number of rotatable bonds is 4. The minimum atomic E-state index is -0.396. The van der Waals surface area contributed by atoms with Gasteiger partial charge in [-0.05, 0) is 50.0 Å². The lowest BCUT2D eigenvalue weighted by Gasteiger charge is -2.59. The van der Waals surface area contributed by atoms with Gasteiger partial charge in [0.15, 0.2) is 0 Å². The fourth-order valence-corrected chi connectivity index (χ4v) is 4.83. The van der Waals surface area contributed by atoms with Gasteiger partial charge in [0.25, 0.3) is 0 Å². The van der Waals surface area contributed by atoms with Gasteiger partial charge in [-0.1, -0.05) is 25.3 Å². The predicted molar refractivity (Wildman–Crippen MR) is 75.4 cm³/mol. The van der Waals surface area contributed by atoms with E-state index in [1.807, 2.05) is 6.08 Å². The van der Waals surface area contributed by atoms with Crippen molar-refractivity contribution in [2.24, 2.45) is 23.7 Å². The van der Waals surface area contributed by atoms with Crippen LogP contribution in [0.15, 0.2) is 37.5 Å². The second-order valence-electron chi connectivity index (χ2n) is 6.38. The molecular formula is C17H22O2. The molecule has 4 rings (SSSR count). The first-order valence-corrected chi connectivity index (χ1v) is 7.33. The van der Waals surface area contributed by atoms with E-state index in [1.165, 1.54) is 38.2 Å². The molecule has 0 radical (unpaired) electrons. The lowest BCUT2D eigenvalue weighted by atomic mass is 9.49. The van der Waals surface area contributed by atoms with Crippen molar-refractivity contribution >= 4 is 5.97 Å². The molecule has 0 heterocycles. The quantitative estimate of drug-likeness (QED) is 0.437. The number of esters is 1. The molecule has 0 atom stereocenters. The number of carbonyl (C=O) groups is 1. The zero-order chi connectivity index (χ0) is 13.5. The van der Waals surface area contributed by atoms with Gasteiger partial charge in [-0.2, -0.15) is 0 Å². The van der Waals surface area contributed by atoms with E-state index in [0.29, 0.717) is 11.8 Å². The fourth-order valence-electron chi connectivity index (χ4n) is 4.83. The number of carbonyl (C=O) groups excluding carboxylic acids is 1. The Morgan fingerprint density at radius 3 is 2.11 bits per heavy atom. The Labute approximate surface area is 115 Å². The Bertz CT molecular complexity index is 405. The molecule has 2 nitrogen and oxygen atoms in total. The normalized spacial score (nSPS) is 43.4. The van der Waals surface area contributed by atoms with Crippen molar-refractivity contribution in [2.75, 3.05) is 0 Å². The molecule has 4 fully saturated rings. The van der Waals surface area contributed by atoms with Crippen LogP contribution in [-0.4, -0.2) is 11.6 Å². The third kappa shape index (κ3) is 1.98. The highest BCUT2D eigenvalue weighted by atomic mass is 16.6. The van der Waals surface area contributed by atoms with Crippen LogP contribution in [0.2, 0.25) is 0 Å². The molecule has 0 aliphatic heterocycles. The molecule has 4 aliphatic carbocycles. The molecule has 0 unspecified atom stereocenters. The summed E-state index contributed by atoms with van der Waals surface area (Å²) in [7, 11) is 0. The molecule has 102 valence electrons. The molecule has 0 aromatic carbocycles. The van der Waals surface area contributed by atoms with E-state index in [1.54, 1.807) is 6.08 Å². The SMILES string of the molecule is C=C/C=C/C1(OC(=O)C=C)C2CC3CC(C2)CC1C3. The summed E-state index contributed by atoms with van der Waals surface area (Å²) in [6, 6.07) is 0. The van der Waals surface area contributed by atoms with Gasteiger partial charge >= 0.3 is 5.97 Å². The summed E-state index contributed by atoms with van der Waals surface area (Å²) in [5, 5.41) is 0. The van der Waals surface area contributed by atoms with E-state index in [0.717, 1.165) is 11.8 Å². The van der Waals surface area contributed by atoms with Gasteiger partial charge in [0.05, 0.1) is 0 Å². The summed E-state index contributed by atoms with van der Waals surface area (Å²) in [4.78, 5) is 11.8. The van der Waals surface area contributed by atoms with Crippen molar-refractivity contribution in [3.05, 3.63) is 37.5 Å². The van der Waals surface area contributed by atoms with Crippen LogP contribution in [0.3, 0.4) is 0 Å². The second kappa shape index (κ2) is 4.66. The molecule has 0 saturated heterocycles. The van der Waals surface area contributed by atoms with Gasteiger partial charge < -0.3 is 4.74 Å². The second-order valence-corrected chi connectivity index (χ2v) is 6.38. The van der Waals surface area contributed by atoms with Crippen LogP contribution in [0.25, 0.3) is 0 Å². The van der Waals surface area contributed by atoms with Gasteiger partial charge in [0.1, 0.15) is 5.60 Å². The minimum absolute atomic E-state index is 0.291. The summed E-state index contributed by atoms with van der Waals surface area (Å²) in [6.45, 7) is 7.28. The average molecular weight is 258 g/mol. The van der Waals surface area contributed by atoms with Crippen LogP contribution in [0, 0.1) is 23.7 Å². The van der Waals surface area contributed by atoms with E-state index < -0.39 is 5.60 Å². The predicted octanol–water partition coefficient (Wildman–Crippen LogP) is 3.65. The highest BCUT2D eigenvalue weighted by Gasteiger charge is 2.58. The molecule has 4 saturated carbocycles. The van der Waals surface area contributed by atoms with Crippen LogP contribution in [0.5, 0.6) is 0 Å². The van der Waals surface area contributed by atoms with Crippen molar-refractivity contribution in [1.29, 1.82) is 0 Å². The molecule has 19 heavy (non-hydrogen) atoms. The maximum atomic E-state index is 11.8. The summed E-state index contributed by atoms with van der Waals surface area (Å²) >= 11 is 0. The van der Waals surface area contributed by atoms with Crippen molar-refractivity contribution < 1.29 is 9.53 Å². The first-order valence-electron chi connectivity index (χ1n) is 7.33. The van der Waals surface area contributed by atoms with Crippen molar-refractivity contribution in [1.82, 2.24) is 0 Å². The first-order chi connectivity index (χ1) is 9.18. The lowest BCUT2D eigenvalue weighted by Crippen LogP contribution is -2.58. The van der Waals surface area contributed by atoms with E-state index in [9.17, 15) is 4.79 Å². The smallest absolute Gasteiger partial charge is 0.331 e. The highest BCUT2D eigenvalue weighted by Crippen LogP contribution is 2.60. The Balaban J connectivity index is 1.94. The minimum Gasteiger partial charge on any atom is -0.451 e. The van der Waals surface area contributed by atoms with Gasteiger partial charge in [-0.3, -0.25) is 0 Å². The molecule has 0 amide bonds. The summed E-state index contributed by atoms with van der Waals surface area (Å²) in [5.74, 6) is 2.40. The Kier molecular flexibility index (Phi) is 3.12. The zero-order valence-electron chi connectivity index (χ0n) is 11.4. The van der Waals surface area contributed by atoms with E-state index >= 15 is 0 Å². The molecule has 0 aromatic rings. The molecule has 4 aliphatic rings. The van der Waals surface area contributed by atoms with Crippen molar-refractivity contribution in [3.63, 3.8) is 0 Å². The third-order valence-electron chi connectivity index (χ3n) is 5.35. The van der Waals surface area contributed by atoms with Crippen LogP contribution in [0.1, 0.15) is 32.1 Å². The zero-order valence-corrected chi connectivity index (χ0v) is 11.4. The Morgan fingerprint density at radius 1 is 1.05 bits per heavy atom. The third-order valence-corrected chi connectivity index (χ3v) is 5.35. The van der Waals surface area contributed by atoms with Crippen LogP contribution in [0.4, 0.5) is 0 Å². The topological polar surface area (TPSA) is 26.3 Å². The largest absolute Gasteiger partial charge is 0.451 e. The van der Waals surface area contributed by atoms with E-state index in [4.69, 9.17) is 4.74 Å². The molecular weight excluding hydrogens is 236 g/mol. The number of hydrogen-bond donors (Lipinski definition) is 0. The summed E-state index contributed by atoms with van der Waals surface area (Å²) in [6.07, 6.45) is 13.3. The van der Waals surface area contributed by atoms with Gasteiger partial charge in [-0.25, -0.2) is 4.79 Å². The molecule has 2 heteroatoms. The van der Waals surface area contributed by atoms with Crippen LogP contribution >= 0.6 is 0 Å². The van der Waals surface area contributed by atoms with E-state index in [2.05, 4.69) is 19.2 Å². The number of allylic oxidation sites excluding steroid dienone is 2. The van der Waals surface area contributed by atoms with Crippen molar-refractivity contribution in [2.45, 2.75) is 37.7 Å². The Hall–Kier alpha value is -1.31. The summed E-state index contributed by atoms with van der Waals surface area (Å²) < 4.78 is 5.87. The van der Waals surface area contributed by atoms with Gasteiger partial charge in [0, 0.05) is 17.9 Å². The lowest BCUT2D eigenvalue weighted by molar-refractivity contribution is -0.187. The van der Waals surface area contributed by atoms with E-state index in [-0.39, 0.29) is 5.97 Å². The maximum Gasteiger partial charge on any atom is 0.331 e.